The van der Waals surface area contributed by atoms with Crippen LogP contribution in [0.2, 0.25) is 5.02 Å². The Balaban J connectivity index is 2.39. The average molecular weight is 209 g/mol. The minimum atomic E-state index is 0.251. The molecule has 0 saturated heterocycles. The Kier molecular flexibility index (Phi) is 2.60. The Hall–Kier alpha value is -0.820. The normalized spacial score (nSPS) is 19.9. The van der Waals surface area contributed by atoms with E-state index < -0.39 is 0 Å². The third-order valence-electron chi connectivity index (χ3n) is 2.82. The van der Waals surface area contributed by atoms with Crippen LogP contribution in [0.1, 0.15) is 48.0 Å². The number of hydrogen-bond acceptors (Lipinski definition) is 1. The molecule has 0 heterocycles. The zero-order valence-corrected chi connectivity index (χ0v) is 8.97. The van der Waals surface area contributed by atoms with E-state index in [0.717, 1.165) is 18.4 Å². The van der Waals surface area contributed by atoms with Crippen molar-refractivity contribution in [2.45, 2.75) is 32.1 Å². The summed E-state index contributed by atoms with van der Waals surface area (Å²) in [5, 5.41) is 0.661. The van der Waals surface area contributed by atoms with Crippen LogP contribution >= 0.6 is 11.6 Å². The zero-order chi connectivity index (χ0) is 10.1. The van der Waals surface area contributed by atoms with Crippen LogP contribution in [0.3, 0.4) is 0 Å². The Morgan fingerprint density at radius 3 is 3.00 bits per heavy atom. The van der Waals surface area contributed by atoms with E-state index in [1.807, 2.05) is 12.1 Å². The lowest BCUT2D eigenvalue weighted by molar-refractivity contribution is 0.0988. The fraction of sp³-hybridized carbons (Fsp3) is 0.417. The highest BCUT2D eigenvalue weighted by Gasteiger charge is 2.28. The largest absolute Gasteiger partial charge is 0.294 e. The quantitative estimate of drug-likeness (QED) is 0.723. The highest BCUT2D eigenvalue weighted by Crippen LogP contribution is 2.37. The SMILES string of the molecule is CCCC1CC(=O)c2cc(Cl)ccc21. The predicted octanol–water partition coefficient (Wildman–Crippen LogP) is 3.81. The van der Waals surface area contributed by atoms with Crippen molar-refractivity contribution in [3.63, 3.8) is 0 Å². The first kappa shape index (κ1) is 9.72. The summed E-state index contributed by atoms with van der Waals surface area (Å²) < 4.78 is 0. The molecule has 1 atom stereocenters. The van der Waals surface area contributed by atoms with Gasteiger partial charge in [0.15, 0.2) is 5.78 Å². The molecule has 1 aromatic carbocycles. The Morgan fingerprint density at radius 2 is 2.29 bits per heavy atom. The van der Waals surface area contributed by atoms with Gasteiger partial charge in [0.1, 0.15) is 0 Å². The first-order chi connectivity index (χ1) is 6.72. The smallest absolute Gasteiger partial charge is 0.163 e. The molecule has 0 saturated carbocycles. The lowest BCUT2D eigenvalue weighted by Crippen LogP contribution is -1.92. The molecule has 2 heteroatoms. The number of fused-ring (bicyclic) bond motifs is 1. The summed E-state index contributed by atoms with van der Waals surface area (Å²) in [6.45, 7) is 2.15. The topological polar surface area (TPSA) is 17.1 Å². The number of ketones is 1. The van der Waals surface area contributed by atoms with Gasteiger partial charge in [0, 0.05) is 17.0 Å². The highest BCUT2D eigenvalue weighted by molar-refractivity contribution is 6.31. The van der Waals surface area contributed by atoms with Crippen molar-refractivity contribution in [2.24, 2.45) is 0 Å². The maximum absolute atomic E-state index is 11.6. The van der Waals surface area contributed by atoms with Gasteiger partial charge < -0.3 is 0 Å². The van der Waals surface area contributed by atoms with E-state index >= 15 is 0 Å². The van der Waals surface area contributed by atoms with E-state index in [1.165, 1.54) is 5.56 Å². The lowest BCUT2D eigenvalue weighted by atomic mass is 9.97. The predicted molar refractivity (Wildman–Crippen MR) is 58.0 cm³/mol. The monoisotopic (exact) mass is 208 g/mol. The van der Waals surface area contributed by atoms with Crippen molar-refractivity contribution < 1.29 is 4.79 Å². The molecule has 14 heavy (non-hydrogen) atoms. The molecular formula is C12H13ClO. The van der Waals surface area contributed by atoms with Gasteiger partial charge in [0.25, 0.3) is 0 Å². The van der Waals surface area contributed by atoms with Gasteiger partial charge in [0.05, 0.1) is 0 Å². The maximum Gasteiger partial charge on any atom is 0.163 e. The Morgan fingerprint density at radius 1 is 1.50 bits per heavy atom. The number of carbonyl (C=O) groups excluding carboxylic acids is 1. The second-order valence-corrected chi connectivity index (χ2v) is 4.28. The van der Waals surface area contributed by atoms with E-state index in [1.54, 1.807) is 6.07 Å². The van der Waals surface area contributed by atoms with Gasteiger partial charge in [-0.1, -0.05) is 31.0 Å². The van der Waals surface area contributed by atoms with Gasteiger partial charge in [-0.15, -0.1) is 0 Å². The molecule has 0 bridgehead atoms. The van der Waals surface area contributed by atoms with Gasteiger partial charge in [0.2, 0.25) is 0 Å². The number of rotatable bonds is 2. The van der Waals surface area contributed by atoms with Gasteiger partial charge in [-0.25, -0.2) is 0 Å². The van der Waals surface area contributed by atoms with Crippen molar-refractivity contribution in [3.05, 3.63) is 34.3 Å². The van der Waals surface area contributed by atoms with Crippen molar-refractivity contribution >= 4 is 17.4 Å². The van der Waals surface area contributed by atoms with E-state index in [4.69, 9.17) is 11.6 Å². The summed E-state index contributed by atoms with van der Waals surface area (Å²) in [5.74, 6) is 0.681. The third-order valence-corrected chi connectivity index (χ3v) is 3.06. The summed E-state index contributed by atoms with van der Waals surface area (Å²) in [6.07, 6.45) is 2.89. The summed E-state index contributed by atoms with van der Waals surface area (Å²) in [7, 11) is 0. The van der Waals surface area contributed by atoms with Crippen LogP contribution in [0.5, 0.6) is 0 Å². The van der Waals surface area contributed by atoms with Gasteiger partial charge in [-0.05, 0) is 30.0 Å². The van der Waals surface area contributed by atoms with Crippen molar-refractivity contribution in [1.82, 2.24) is 0 Å². The van der Waals surface area contributed by atoms with E-state index in [0.29, 0.717) is 17.4 Å². The van der Waals surface area contributed by atoms with Crippen LogP contribution in [0, 0.1) is 0 Å². The number of Topliss-reactive ketones (excluding diaryl/α,β-unsaturated/α-hetero) is 1. The lowest BCUT2D eigenvalue weighted by Gasteiger charge is -2.08. The molecule has 1 nitrogen and oxygen atoms in total. The minimum absolute atomic E-state index is 0.251. The minimum Gasteiger partial charge on any atom is -0.294 e. The van der Waals surface area contributed by atoms with Crippen LogP contribution in [-0.4, -0.2) is 5.78 Å². The van der Waals surface area contributed by atoms with Crippen molar-refractivity contribution in [1.29, 1.82) is 0 Å². The molecule has 0 N–H and O–H groups in total. The molecule has 0 aliphatic heterocycles. The van der Waals surface area contributed by atoms with Crippen LogP contribution in [-0.2, 0) is 0 Å². The van der Waals surface area contributed by atoms with E-state index in [-0.39, 0.29) is 5.78 Å². The van der Waals surface area contributed by atoms with Crippen LogP contribution in [0.4, 0.5) is 0 Å². The zero-order valence-electron chi connectivity index (χ0n) is 8.22. The molecule has 1 aliphatic carbocycles. The third kappa shape index (κ3) is 1.57. The molecule has 74 valence electrons. The summed E-state index contributed by atoms with van der Waals surface area (Å²) in [6, 6.07) is 5.68. The Labute approximate surface area is 89.1 Å². The molecule has 0 fully saturated rings. The molecular weight excluding hydrogens is 196 g/mol. The molecule has 0 aromatic heterocycles. The molecule has 2 rings (SSSR count). The molecule has 0 spiro atoms. The fourth-order valence-electron chi connectivity index (χ4n) is 2.18. The number of hydrogen-bond donors (Lipinski definition) is 0. The summed E-state index contributed by atoms with van der Waals surface area (Å²) in [5.41, 5.74) is 2.04. The van der Waals surface area contributed by atoms with Crippen molar-refractivity contribution in [2.75, 3.05) is 0 Å². The second kappa shape index (κ2) is 3.74. The first-order valence-corrected chi connectivity index (χ1v) is 5.42. The molecule has 1 aromatic rings. The molecule has 1 unspecified atom stereocenters. The molecule has 1 aliphatic rings. The number of benzene rings is 1. The highest BCUT2D eigenvalue weighted by atomic mass is 35.5. The maximum atomic E-state index is 11.6. The van der Waals surface area contributed by atoms with Crippen molar-refractivity contribution in [3.8, 4) is 0 Å². The van der Waals surface area contributed by atoms with Crippen LogP contribution in [0.15, 0.2) is 18.2 Å². The molecule has 0 amide bonds. The standard InChI is InChI=1S/C12H13ClO/c1-2-3-8-6-12(14)11-7-9(13)4-5-10(8)11/h4-5,7-8H,2-3,6H2,1H3. The van der Waals surface area contributed by atoms with Gasteiger partial charge >= 0.3 is 0 Å². The number of halogens is 1. The fourth-order valence-corrected chi connectivity index (χ4v) is 2.35. The van der Waals surface area contributed by atoms with Crippen LogP contribution < -0.4 is 0 Å². The van der Waals surface area contributed by atoms with Gasteiger partial charge in [-0.2, -0.15) is 0 Å². The number of carbonyl (C=O) groups is 1. The van der Waals surface area contributed by atoms with Gasteiger partial charge in [-0.3, -0.25) is 4.79 Å². The summed E-state index contributed by atoms with van der Waals surface area (Å²) in [4.78, 5) is 11.6. The first-order valence-electron chi connectivity index (χ1n) is 5.05. The second-order valence-electron chi connectivity index (χ2n) is 3.84. The summed E-state index contributed by atoms with van der Waals surface area (Å²) >= 11 is 5.86. The van der Waals surface area contributed by atoms with Crippen LogP contribution in [0.25, 0.3) is 0 Å². The average Bonchev–Trinajstić information content (AvgIpc) is 2.44. The Bertz CT molecular complexity index is 371. The molecule has 0 radical (unpaired) electrons. The van der Waals surface area contributed by atoms with E-state index in [9.17, 15) is 4.79 Å². The van der Waals surface area contributed by atoms with E-state index in [2.05, 4.69) is 6.92 Å².